The number of nitrogens with two attached hydrogens (primary N) is 1. The number of rotatable bonds is 5. The summed E-state index contributed by atoms with van der Waals surface area (Å²) in [5.41, 5.74) is 5.63. The Morgan fingerprint density at radius 3 is 2.63 bits per heavy atom. The summed E-state index contributed by atoms with van der Waals surface area (Å²) in [6, 6.07) is -1.18. The van der Waals surface area contributed by atoms with Crippen LogP contribution >= 0.6 is 0 Å². The van der Waals surface area contributed by atoms with Gasteiger partial charge in [-0.05, 0) is 43.9 Å². The van der Waals surface area contributed by atoms with E-state index in [9.17, 15) is 9.59 Å². The quantitative estimate of drug-likeness (QED) is 0.590. The monoisotopic (exact) mass is 268 g/mol. The largest absolute Gasteiger partial charge is 0.464 e. The molecule has 2 aliphatic rings. The Bertz CT molecular complexity index is 359. The van der Waals surface area contributed by atoms with Gasteiger partial charge in [-0.3, -0.25) is 4.79 Å². The number of hydrogen-bond acceptors (Lipinski definition) is 4. The van der Waals surface area contributed by atoms with Crippen LogP contribution in [0.15, 0.2) is 0 Å². The highest BCUT2D eigenvalue weighted by molar-refractivity contribution is 6.01. The number of nitrogens with zero attached hydrogens (tertiary/aromatic N) is 1. The number of fused-ring (bicyclic) bond motifs is 2. The molecule has 2 saturated carbocycles. The number of carbonyl (C=O) groups is 2. The van der Waals surface area contributed by atoms with E-state index < -0.39 is 12.0 Å². The first kappa shape index (κ1) is 14.3. The molecule has 2 aliphatic carbocycles. The average Bonchev–Trinajstić information content (AvgIpc) is 2.99. The summed E-state index contributed by atoms with van der Waals surface area (Å²) in [4.78, 5) is 25.1. The first-order valence-electron chi connectivity index (χ1n) is 7.20. The molecule has 0 radical (unpaired) electrons. The molecule has 19 heavy (non-hydrogen) atoms. The van der Waals surface area contributed by atoms with E-state index in [4.69, 9.17) is 10.5 Å². The summed E-state index contributed by atoms with van der Waals surface area (Å²) >= 11 is 0. The minimum absolute atomic E-state index is 0.246. The maximum absolute atomic E-state index is 12.1. The molecule has 0 heterocycles. The lowest BCUT2D eigenvalue weighted by molar-refractivity contribution is -0.150. The van der Waals surface area contributed by atoms with Crippen LogP contribution in [-0.4, -0.2) is 43.0 Å². The van der Waals surface area contributed by atoms with Crippen LogP contribution in [-0.2, 0) is 14.3 Å². The van der Waals surface area contributed by atoms with Crippen molar-refractivity contribution in [3.63, 3.8) is 0 Å². The molecule has 2 rings (SSSR count). The Hall–Kier alpha value is -1.10. The van der Waals surface area contributed by atoms with Crippen molar-refractivity contribution in [2.75, 3.05) is 20.2 Å². The fraction of sp³-hybridized carbons (Fsp3) is 0.857. The second kappa shape index (κ2) is 5.90. The summed E-state index contributed by atoms with van der Waals surface area (Å²) in [5.74, 6) is 1.24. The highest BCUT2D eigenvalue weighted by atomic mass is 16.5. The number of esters is 1. The van der Waals surface area contributed by atoms with Crippen LogP contribution in [0.2, 0.25) is 0 Å². The molecule has 5 nitrogen and oxygen atoms in total. The van der Waals surface area contributed by atoms with Gasteiger partial charge in [-0.15, -0.1) is 0 Å². The highest BCUT2D eigenvalue weighted by Gasteiger charge is 2.40. The lowest BCUT2D eigenvalue weighted by Crippen LogP contribution is -2.49. The van der Waals surface area contributed by atoms with E-state index in [-0.39, 0.29) is 12.5 Å². The second-order valence-electron chi connectivity index (χ2n) is 5.88. The normalized spacial score (nSPS) is 30.2. The maximum atomic E-state index is 12.1. The van der Waals surface area contributed by atoms with Gasteiger partial charge in [-0.2, -0.15) is 0 Å². The predicted molar refractivity (Wildman–Crippen MR) is 71.2 cm³/mol. The third kappa shape index (κ3) is 3.08. The zero-order valence-electron chi connectivity index (χ0n) is 11.8. The van der Waals surface area contributed by atoms with E-state index in [1.54, 1.807) is 18.9 Å². The third-order valence-electron chi connectivity index (χ3n) is 4.58. The van der Waals surface area contributed by atoms with Gasteiger partial charge >= 0.3 is 5.97 Å². The molecule has 4 unspecified atom stereocenters. The molecule has 4 atom stereocenters. The number of hydrogen-bond donors (Lipinski definition) is 1. The van der Waals surface area contributed by atoms with Crippen molar-refractivity contribution in [1.29, 1.82) is 0 Å². The molecule has 2 N–H and O–H groups in total. The first-order chi connectivity index (χ1) is 9.02. The zero-order valence-corrected chi connectivity index (χ0v) is 11.8. The molecule has 0 aromatic rings. The molecule has 5 heteroatoms. The van der Waals surface area contributed by atoms with Gasteiger partial charge < -0.3 is 15.4 Å². The second-order valence-corrected chi connectivity index (χ2v) is 5.88. The van der Waals surface area contributed by atoms with E-state index >= 15 is 0 Å². The smallest absolute Gasteiger partial charge is 0.332 e. The zero-order chi connectivity index (χ0) is 14.0. The van der Waals surface area contributed by atoms with Crippen molar-refractivity contribution in [3.8, 4) is 0 Å². The van der Waals surface area contributed by atoms with E-state index in [1.807, 2.05) is 0 Å². The van der Waals surface area contributed by atoms with E-state index in [2.05, 4.69) is 0 Å². The molecule has 1 amide bonds. The Labute approximate surface area is 114 Å². The van der Waals surface area contributed by atoms with Crippen LogP contribution < -0.4 is 5.73 Å². The fourth-order valence-corrected chi connectivity index (χ4v) is 3.61. The Morgan fingerprint density at radius 2 is 2.11 bits per heavy atom. The number of amides is 1. The molecule has 0 aliphatic heterocycles. The van der Waals surface area contributed by atoms with E-state index in [1.165, 1.54) is 25.7 Å². The number of carbonyl (C=O) groups excluding carboxylic acids is 2. The SMILES string of the molecule is CCOC(=O)C(N)C(=O)N(C)CC1CC2CCC1C2. The molecule has 0 saturated heterocycles. The molecule has 2 fully saturated rings. The first-order valence-corrected chi connectivity index (χ1v) is 7.20. The minimum Gasteiger partial charge on any atom is -0.464 e. The van der Waals surface area contributed by atoms with Crippen LogP contribution in [0.3, 0.4) is 0 Å². The molecule has 0 aromatic heterocycles. The van der Waals surface area contributed by atoms with Gasteiger partial charge in [0.05, 0.1) is 6.61 Å². The van der Waals surface area contributed by atoms with Gasteiger partial charge in [-0.1, -0.05) is 6.42 Å². The molecular formula is C14H24N2O3. The van der Waals surface area contributed by atoms with Gasteiger partial charge in [0.25, 0.3) is 5.91 Å². The van der Waals surface area contributed by atoms with Crippen molar-refractivity contribution in [2.45, 2.75) is 38.6 Å². The lowest BCUT2D eigenvalue weighted by atomic mass is 9.88. The minimum atomic E-state index is -1.18. The van der Waals surface area contributed by atoms with E-state index in [0.717, 1.165) is 11.8 Å². The van der Waals surface area contributed by atoms with Gasteiger partial charge in [0, 0.05) is 13.6 Å². The molecule has 0 spiro atoms. The van der Waals surface area contributed by atoms with Crippen molar-refractivity contribution in [3.05, 3.63) is 0 Å². The summed E-state index contributed by atoms with van der Waals surface area (Å²) in [5, 5.41) is 0. The van der Waals surface area contributed by atoms with Crippen LogP contribution in [0.5, 0.6) is 0 Å². The topological polar surface area (TPSA) is 72.6 Å². The molecular weight excluding hydrogens is 244 g/mol. The maximum Gasteiger partial charge on any atom is 0.332 e. The van der Waals surface area contributed by atoms with Crippen LogP contribution in [0, 0.1) is 17.8 Å². The predicted octanol–water partition coefficient (Wildman–Crippen LogP) is 0.771. The van der Waals surface area contributed by atoms with Crippen molar-refractivity contribution >= 4 is 11.9 Å². The van der Waals surface area contributed by atoms with Crippen molar-refractivity contribution in [2.24, 2.45) is 23.5 Å². The van der Waals surface area contributed by atoms with Gasteiger partial charge in [-0.25, -0.2) is 4.79 Å². The third-order valence-corrected chi connectivity index (χ3v) is 4.58. The molecule has 2 bridgehead atoms. The highest BCUT2D eigenvalue weighted by Crippen LogP contribution is 2.48. The molecule has 0 aromatic carbocycles. The fourth-order valence-electron chi connectivity index (χ4n) is 3.61. The summed E-state index contributed by atoms with van der Waals surface area (Å²) < 4.78 is 4.78. The number of likely N-dealkylation sites (N-methyl/N-ethyl adjacent to an activating group) is 1. The lowest BCUT2D eigenvalue weighted by Gasteiger charge is -2.28. The Morgan fingerprint density at radius 1 is 1.37 bits per heavy atom. The van der Waals surface area contributed by atoms with Gasteiger partial charge in [0.2, 0.25) is 0 Å². The summed E-state index contributed by atoms with van der Waals surface area (Å²) in [6.45, 7) is 2.66. The summed E-state index contributed by atoms with van der Waals surface area (Å²) in [7, 11) is 1.73. The van der Waals surface area contributed by atoms with E-state index in [0.29, 0.717) is 12.5 Å². The van der Waals surface area contributed by atoms with Crippen molar-refractivity contribution in [1.82, 2.24) is 4.90 Å². The van der Waals surface area contributed by atoms with Gasteiger partial charge in [0.15, 0.2) is 6.04 Å². The van der Waals surface area contributed by atoms with Crippen molar-refractivity contribution < 1.29 is 14.3 Å². The Kier molecular flexibility index (Phi) is 4.45. The summed E-state index contributed by atoms with van der Waals surface area (Å²) in [6.07, 6.45) is 5.18. The van der Waals surface area contributed by atoms with Gasteiger partial charge in [0.1, 0.15) is 0 Å². The van der Waals surface area contributed by atoms with Crippen LogP contribution in [0.25, 0.3) is 0 Å². The Balaban J connectivity index is 1.83. The van der Waals surface area contributed by atoms with Crippen LogP contribution in [0.1, 0.15) is 32.6 Å². The molecule has 108 valence electrons. The number of ether oxygens (including phenoxy) is 1. The average molecular weight is 268 g/mol. The van der Waals surface area contributed by atoms with Crippen LogP contribution in [0.4, 0.5) is 0 Å². The standard InChI is InChI=1S/C14H24N2O3/c1-3-19-14(18)12(15)13(17)16(2)8-11-7-9-4-5-10(11)6-9/h9-12H,3-8,15H2,1-2H3.